The van der Waals surface area contributed by atoms with Crippen molar-refractivity contribution in [2.45, 2.75) is 30.7 Å². The summed E-state index contributed by atoms with van der Waals surface area (Å²) in [6.07, 6.45) is 1.55. The molecule has 1 heterocycles. The molecule has 1 aromatic rings. The third-order valence-corrected chi connectivity index (χ3v) is 4.05. The van der Waals surface area contributed by atoms with Crippen molar-refractivity contribution in [1.82, 2.24) is 5.32 Å². The van der Waals surface area contributed by atoms with Crippen molar-refractivity contribution in [2.75, 3.05) is 18.1 Å². The summed E-state index contributed by atoms with van der Waals surface area (Å²) < 4.78 is 5.45. The maximum absolute atomic E-state index is 11.1. The van der Waals surface area contributed by atoms with Crippen molar-refractivity contribution in [1.29, 1.82) is 0 Å². The first kappa shape index (κ1) is 13.1. The van der Waals surface area contributed by atoms with Gasteiger partial charge in [-0.1, -0.05) is 0 Å². The summed E-state index contributed by atoms with van der Waals surface area (Å²) in [7, 11) is 0. The van der Waals surface area contributed by atoms with Crippen molar-refractivity contribution < 1.29 is 9.53 Å². The second kappa shape index (κ2) is 6.00. The van der Waals surface area contributed by atoms with Crippen LogP contribution in [-0.4, -0.2) is 24.3 Å². The summed E-state index contributed by atoms with van der Waals surface area (Å²) in [6, 6.07) is 5.96. The lowest BCUT2D eigenvalue weighted by atomic mass is 10.2. The first-order valence-corrected chi connectivity index (χ1v) is 7.12. The molecule has 1 atom stereocenters. The molecule has 5 heteroatoms. The van der Waals surface area contributed by atoms with Gasteiger partial charge in [0.05, 0.1) is 6.61 Å². The topological polar surface area (TPSA) is 64.3 Å². The number of benzene rings is 1. The van der Waals surface area contributed by atoms with Gasteiger partial charge in [0.25, 0.3) is 0 Å². The molecule has 0 aromatic heterocycles. The molecule has 1 aliphatic rings. The smallest absolute Gasteiger partial charge is 0.220 e. The van der Waals surface area contributed by atoms with Crippen molar-refractivity contribution in [3.05, 3.63) is 18.2 Å². The van der Waals surface area contributed by atoms with E-state index in [0.29, 0.717) is 13.0 Å². The van der Waals surface area contributed by atoms with Crippen LogP contribution in [0.15, 0.2) is 23.1 Å². The zero-order chi connectivity index (χ0) is 13.0. The van der Waals surface area contributed by atoms with E-state index in [1.54, 1.807) is 11.8 Å². The fraction of sp³-hybridized carbons (Fsp3) is 0.462. The van der Waals surface area contributed by atoms with E-state index in [9.17, 15) is 4.79 Å². The van der Waals surface area contributed by atoms with E-state index in [1.165, 1.54) is 0 Å². The summed E-state index contributed by atoms with van der Waals surface area (Å²) in [4.78, 5) is 12.1. The Kier molecular flexibility index (Phi) is 4.36. The second-order valence-electron chi connectivity index (χ2n) is 4.25. The largest absolute Gasteiger partial charge is 0.494 e. The second-order valence-corrected chi connectivity index (χ2v) is 5.31. The highest BCUT2D eigenvalue weighted by Gasteiger charge is 2.20. The Morgan fingerprint density at radius 3 is 3.06 bits per heavy atom. The third kappa shape index (κ3) is 3.32. The van der Waals surface area contributed by atoms with Crippen LogP contribution < -0.4 is 15.8 Å². The number of amides is 1. The molecule has 18 heavy (non-hydrogen) atoms. The molecule has 1 aromatic carbocycles. The summed E-state index contributed by atoms with van der Waals surface area (Å²) >= 11 is 1.67. The third-order valence-electron chi connectivity index (χ3n) is 2.82. The van der Waals surface area contributed by atoms with Crippen LogP contribution in [0.1, 0.15) is 19.8 Å². The molecule has 0 bridgehead atoms. The van der Waals surface area contributed by atoms with E-state index in [1.807, 2.05) is 25.1 Å². The molecule has 0 saturated carbocycles. The van der Waals surface area contributed by atoms with Crippen LogP contribution in [0.4, 0.5) is 5.69 Å². The number of carbonyl (C=O) groups is 1. The molecule has 3 N–H and O–H groups in total. The maximum atomic E-state index is 11.1. The van der Waals surface area contributed by atoms with Gasteiger partial charge in [-0.05, 0) is 31.5 Å². The minimum atomic E-state index is 0.150. The number of carbonyl (C=O) groups excluding carboxylic acids is 1. The number of hydrogen-bond donors (Lipinski definition) is 2. The Hall–Kier alpha value is -1.36. The number of nitrogens with one attached hydrogen (secondary N) is 1. The number of thioether (sulfide) groups is 1. The van der Waals surface area contributed by atoms with Gasteiger partial charge in [0.1, 0.15) is 5.75 Å². The average molecular weight is 266 g/mol. The molecule has 4 nitrogen and oxygen atoms in total. The molecule has 1 unspecified atom stereocenters. The molecular formula is C13H18N2O2S. The van der Waals surface area contributed by atoms with E-state index in [0.717, 1.165) is 28.5 Å². The highest BCUT2D eigenvalue weighted by Crippen LogP contribution is 2.30. The quantitative estimate of drug-likeness (QED) is 0.632. The fourth-order valence-electron chi connectivity index (χ4n) is 1.89. The number of anilines is 1. The van der Waals surface area contributed by atoms with Gasteiger partial charge in [0, 0.05) is 28.8 Å². The molecular weight excluding hydrogens is 248 g/mol. The van der Waals surface area contributed by atoms with Gasteiger partial charge in [0.15, 0.2) is 0 Å². The molecule has 1 amide bonds. The van der Waals surface area contributed by atoms with Gasteiger partial charge < -0.3 is 15.8 Å². The molecule has 2 rings (SSSR count). The Balaban J connectivity index is 1.95. The van der Waals surface area contributed by atoms with Gasteiger partial charge in [-0.3, -0.25) is 4.79 Å². The molecule has 0 radical (unpaired) electrons. The fourth-order valence-corrected chi connectivity index (χ4v) is 2.95. The van der Waals surface area contributed by atoms with E-state index in [2.05, 4.69) is 5.32 Å². The minimum absolute atomic E-state index is 0.150. The number of nitrogens with two attached hydrogens (primary N) is 1. The van der Waals surface area contributed by atoms with E-state index in [-0.39, 0.29) is 11.9 Å². The van der Waals surface area contributed by atoms with Gasteiger partial charge in [-0.2, -0.15) is 0 Å². The Labute approximate surface area is 111 Å². The normalized spacial score (nSPS) is 18.7. The van der Waals surface area contributed by atoms with Crippen LogP contribution in [-0.2, 0) is 4.79 Å². The van der Waals surface area contributed by atoms with Crippen molar-refractivity contribution in [3.8, 4) is 5.75 Å². The lowest BCUT2D eigenvalue weighted by Gasteiger charge is -2.12. The van der Waals surface area contributed by atoms with Gasteiger partial charge in [-0.25, -0.2) is 0 Å². The van der Waals surface area contributed by atoms with E-state index < -0.39 is 0 Å². The number of ether oxygens (including phenoxy) is 1. The van der Waals surface area contributed by atoms with E-state index >= 15 is 0 Å². The molecule has 1 fully saturated rings. The monoisotopic (exact) mass is 266 g/mol. The summed E-state index contributed by atoms with van der Waals surface area (Å²) in [5.41, 5.74) is 6.69. The van der Waals surface area contributed by atoms with Gasteiger partial charge >= 0.3 is 0 Å². The molecule has 0 spiro atoms. The first-order valence-electron chi connectivity index (χ1n) is 6.13. The summed E-state index contributed by atoms with van der Waals surface area (Å²) in [5, 5.41) is 2.95. The SMILES string of the molecule is CCOc1ccc(N)c(SCC2CCC(=O)N2)c1. The standard InChI is InChI=1S/C13H18N2O2S/c1-2-17-10-4-5-11(14)12(7-10)18-8-9-3-6-13(16)15-9/h4-5,7,9H,2-3,6,8,14H2,1H3,(H,15,16). The van der Waals surface area contributed by atoms with Crippen molar-refractivity contribution >= 4 is 23.4 Å². The Morgan fingerprint density at radius 2 is 2.39 bits per heavy atom. The van der Waals surface area contributed by atoms with Crippen LogP contribution in [0, 0.1) is 0 Å². The maximum Gasteiger partial charge on any atom is 0.220 e. The van der Waals surface area contributed by atoms with Crippen molar-refractivity contribution in [3.63, 3.8) is 0 Å². The minimum Gasteiger partial charge on any atom is -0.494 e. The van der Waals surface area contributed by atoms with Gasteiger partial charge in [0.2, 0.25) is 5.91 Å². The lowest BCUT2D eigenvalue weighted by Crippen LogP contribution is -2.27. The van der Waals surface area contributed by atoms with E-state index in [4.69, 9.17) is 10.5 Å². The summed E-state index contributed by atoms with van der Waals surface area (Å²) in [6.45, 7) is 2.60. The molecule has 98 valence electrons. The van der Waals surface area contributed by atoms with Crippen LogP contribution in [0.2, 0.25) is 0 Å². The van der Waals surface area contributed by atoms with Crippen LogP contribution >= 0.6 is 11.8 Å². The molecule has 1 saturated heterocycles. The average Bonchev–Trinajstić information content (AvgIpc) is 2.76. The molecule has 0 aliphatic carbocycles. The zero-order valence-corrected chi connectivity index (χ0v) is 11.3. The Bertz CT molecular complexity index is 437. The molecule has 1 aliphatic heterocycles. The Morgan fingerprint density at radius 1 is 1.56 bits per heavy atom. The predicted molar refractivity (Wildman–Crippen MR) is 73.9 cm³/mol. The number of hydrogen-bond acceptors (Lipinski definition) is 4. The predicted octanol–water partition coefficient (Wildman–Crippen LogP) is 2.04. The highest BCUT2D eigenvalue weighted by atomic mass is 32.2. The number of nitrogen functional groups attached to an aromatic ring is 1. The number of rotatable bonds is 5. The van der Waals surface area contributed by atoms with Crippen LogP contribution in [0.5, 0.6) is 5.75 Å². The zero-order valence-electron chi connectivity index (χ0n) is 10.4. The summed E-state index contributed by atoms with van der Waals surface area (Å²) in [5.74, 6) is 1.84. The first-order chi connectivity index (χ1) is 8.69. The van der Waals surface area contributed by atoms with Crippen LogP contribution in [0.25, 0.3) is 0 Å². The lowest BCUT2D eigenvalue weighted by molar-refractivity contribution is -0.119. The van der Waals surface area contributed by atoms with Gasteiger partial charge in [-0.15, -0.1) is 11.8 Å². The van der Waals surface area contributed by atoms with Crippen molar-refractivity contribution in [2.24, 2.45) is 0 Å². The highest BCUT2D eigenvalue weighted by molar-refractivity contribution is 7.99. The van der Waals surface area contributed by atoms with Crippen LogP contribution in [0.3, 0.4) is 0 Å².